The van der Waals surface area contributed by atoms with Gasteiger partial charge in [-0.15, -0.1) is 0 Å². The highest BCUT2D eigenvalue weighted by Gasteiger charge is 2.30. The maximum Gasteiger partial charge on any atom is 0.306 e. The molecule has 19 heavy (non-hydrogen) atoms. The van der Waals surface area contributed by atoms with Crippen molar-refractivity contribution in [3.05, 3.63) is 29.3 Å². The van der Waals surface area contributed by atoms with Gasteiger partial charge in [0.15, 0.2) is 0 Å². The highest BCUT2D eigenvalue weighted by molar-refractivity contribution is 6.51. The summed E-state index contributed by atoms with van der Waals surface area (Å²) in [6.07, 6.45) is -3.55. The molecule has 2 unspecified atom stereocenters. The van der Waals surface area contributed by atoms with Gasteiger partial charge in [-0.1, -0.05) is 6.07 Å². The first-order chi connectivity index (χ1) is 8.90. The van der Waals surface area contributed by atoms with Crippen LogP contribution in [0.5, 0.6) is 0 Å². The summed E-state index contributed by atoms with van der Waals surface area (Å²) in [5.41, 5.74) is 0.611. The SMILES string of the molecule is O=C(O)CC(O)C(O)c1ccc2c(c1)C(=O)C(=O)N2. The molecular formula is C12H11NO6. The normalized spacial score (nSPS) is 16.7. The first-order valence-corrected chi connectivity index (χ1v) is 5.47. The molecule has 0 saturated carbocycles. The van der Waals surface area contributed by atoms with Crippen LogP contribution in [-0.4, -0.2) is 39.1 Å². The number of Topliss-reactive ketones (excluding diaryl/α,β-unsaturated/α-hetero) is 1. The van der Waals surface area contributed by atoms with Crippen LogP contribution in [0.4, 0.5) is 5.69 Å². The molecule has 1 heterocycles. The summed E-state index contributed by atoms with van der Waals surface area (Å²) in [7, 11) is 0. The largest absolute Gasteiger partial charge is 0.481 e. The molecule has 0 bridgehead atoms. The molecular weight excluding hydrogens is 254 g/mol. The second-order valence-electron chi connectivity index (χ2n) is 4.20. The van der Waals surface area contributed by atoms with Crippen molar-refractivity contribution in [1.29, 1.82) is 0 Å². The van der Waals surface area contributed by atoms with Crippen molar-refractivity contribution < 1.29 is 29.7 Å². The lowest BCUT2D eigenvalue weighted by atomic mass is 9.99. The summed E-state index contributed by atoms with van der Waals surface area (Å²) < 4.78 is 0. The van der Waals surface area contributed by atoms with Crippen molar-refractivity contribution in [2.75, 3.05) is 5.32 Å². The molecule has 1 aliphatic heterocycles. The van der Waals surface area contributed by atoms with Gasteiger partial charge >= 0.3 is 5.97 Å². The van der Waals surface area contributed by atoms with Crippen molar-refractivity contribution in [3.63, 3.8) is 0 Å². The summed E-state index contributed by atoms with van der Waals surface area (Å²) in [5, 5.41) is 30.2. The van der Waals surface area contributed by atoms with E-state index in [1.54, 1.807) is 0 Å². The van der Waals surface area contributed by atoms with Gasteiger partial charge in [0.05, 0.1) is 23.8 Å². The van der Waals surface area contributed by atoms with E-state index in [4.69, 9.17) is 5.11 Å². The average molecular weight is 265 g/mol. The van der Waals surface area contributed by atoms with Crippen LogP contribution < -0.4 is 5.32 Å². The molecule has 4 N–H and O–H groups in total. The van der Waals surface area contributed by atoms with Gasteiger partial charge in [-0.05, 0) is 17.7 Å². The van der Waals surface area contributed by atoms with Crippen LogP contribution in [-0.2, 0) is 9.59 Å². The molecule has 1 aliphatic rings. The third-order valence-electron chi connectivity index (χ3n) is 2.83. The number of aliphatic hydroxyl groups excluding tert-OH is 2. The molecule has 2 rings (SSSR count). The number of benzene rings is 1. The lowest BCUT2D eigenvalue weighted by Crippen LogP contribution is -2.21. The van der Waals surface area contributed by atoms with Crippen LogP contribution in [0.25, 0.3) is 0 Å². The number of hydrogen-bond acceptors (Lipinski definition) is 5. The summed E-state index contributed by atoms with van der Waals surface area (Å²) in [4.78, 5) is 33.1. The smallest absolute Gasteiger partial charge is 0.306 e. The van der Waals surface area contributed by atoms with Crippen molar-refractivity contribution in [2.45, 2.75) is 18.6 Å². The summed E-state index contributed by atoms with van der Waals surface area (Å²) in [6, 6.07) is 4.10. The van der Waals surface area contributed by atoms with E-state index in [0.717, 1.165) is 0 Å². The molecule has 0 aliphatic carbocycles. The van der Waals surface area contributed by atoms with Crippen LogP contribution in [0, 0.1) is 0 Å². The Labute approximate surface area is 107 Å². The number of nitrogens with one attached hydrogen (secondary N) is 1. The summed E-state index contributed by atoms with van der Waals surface area (Å²) in [6.45, 7) is 0. The standard InChI is InChI=1S/C12H11NO6/c14-8(4-9(15)16)10(17)5-1-2-7-6(3-5)11(18)12(19)13-7/h1-3,8,10,14,17H,4H2,(H,15,16)(H,13,18,19). The van der Waals surface area contributed by atoms with Crippen LogP contribution >= 0.6 is 0 Å². The number of aliphatic hydroxyl groups is 2. The Morgan fingerprint density at radius 3 is 2.58 bits per heavy atom. The summed E-state index contributed by atoms with van der Waals surface area (Å²) >= 11 is 0. The number of hydrogen-bond donors (Lipinski definition) is 4. The minimum atomic E-state index is -1.49. The number of anilines is 1. The molecule has 7 nitrogen and oxygen atoms in total. The Morgan fingerprint density at radius 1 is 1.26 bits per heavy atom. The van der Waals surface area contributed by atoms with Gasteiger partial charge in [-0.25, -0.2) is 0 Å². The first kappa shape index (κ1) is 13.2. The fraction of sp³-hybridized carbons (Fsp3) is 0.250. The predicted molar refractivity (Wildman–Crippen MR) is 62.6 cm³/mol. The van der Waals surface area contributed by atoms with Gasteiger partial charge in [0.25, 0.3) is 11.7 Å². The quantitative estimate of drug-likeness (QED) is 0.554. The van der Waals surface area contributed by atoms with E-state index < -0.39 is 36.3 Å². The number of fused-ring (bicyclic) bond motifs is 1. The van der Waals surface area contributed by atoms with Crippen LogP contribution in [0.1, 0.15) is 28.4 Å². The van der Waals surface area contributed by atoms with Gasteiger partial charge in [0.1, 0.15) is 6.10 Å². The molecule has 0 radical (unpaired) electrons. The second-order valence-corrected chi connectivity index (χ2v) is 4.20. The van der Waals surface area contributed by atoms with Gasteiger partial charge in [-0.3, -0.25) is 14.4 Å². The molecule has 0 aromatic heterocycles. The third kappa shape index (κ3) is 2.47. The minimum Gasteiger partial charge on any atom is -0.481 e. The number of rotatable bonds is 4. The first-order valence-electron chi connectivity index (χ1n) is 5.47. The second kappa shape index (κ2) is 4.79. The Bertz CT molecular complexity index is 567. The molecule has 2 atom stereocenters. The lowest BCUT2D eigenvalue weighted by molar-refractivity contribution is -0.141. The van der Waals surface area contributed by atoms with E-state index in [-0.39, 0.29) is 11.1 Å². The fourth-order valence-electron chi connectivity index (χ4n) is 1.86. The molecule has 100 valence electrons. The number of aliphatic carboxylic acids is 1. The Morgan fingerprint density at radius 2 is 1.95 bits per heavy atom. The average Bonchev–Trinajstić information content (AvgIpc) is 2.63. The van der Waals surface area contributed by atoms with E-state index in [2.05, 4.69) is 5.32 Å². The highest BCUT2D eigenvalue weighted by Crippen LogP contribution is 2.28. The van der Waals surface area contributed by atoms with Gasteiger partial charge in [0.2, 0.25) is 0 Å². The van der Waals surface area contributed by atoms with Crippen LogP contribution in [0.3, 0.4) is 0 Å². The van der Waals surface area contributed by atoms with Crippen LogP contribution in [0.2, 0.25) is 0 Å². The Hall–Kier alpha value is -2.25. The molecule has 1 amide bonds. The monoisotopic (exact) mass is 265 g/mol. The zero-order chi connectivity index (χ0) is 14.2. The van der Waals surface area contributed by atoms with Gasteiger partial charge in [-0.2, -0.15) is 0 Å². The van der Waals surface area contributed by atoms with E-state index in [1.807, 2.05) is 0 Å². The number of carbonyl (C=O) groups is 3. The van der Waals surface area contributed by atoms with Crippen molar-refractivity contribution in [3.8, 4) is 0 Å². The molecule has 0 fully saturated rings. The van der Waals surface area contributed by atoms with Crippen molar-refractivity contribution in [1.82, 2.24) is 0 Å². The maximum absolute atomic E-state index is 11.5. The van der Waals surface area contributed by atoms with Crippen molar-refractivity contribution in [2.24, 2.45) is 0 Å². The highest BCUT2D eigenvalue weighted by atomic mass is 16.4. The van der Waals surface area contributed by atoms with E-state index in [9.17, 15) is 24.6 Å². The molecule has 0 saturated heterocycles. The van der Waals surface area contributed by atoms with Gasteiger partial charge in [0, 0.05) is 0 Å². The number of amides is 1. The Kier molecular flexibility index (Phi) is 3.32. The summed E-state index contributed by atoms with van der Waals surface area (Å²) in [5.74, 6) is -2.73. The zero-order valence-electron chi connectivity index (χ0n) is 9.66. The predicted octanol–water partition coefficient (Wildman–Crippen LogP) is -0.310. The van der Waals surface area contributed by atoms with Gasteiger partial charge < -0.3 is 20.6 Å². The topological polar surface area (TPSA) is 124 Å². The van der Waals surface area contributed by atoms with E-state index in [1.165, 1.54) is 18.2 Å². The molecule has 7 heteroatoms. The maximum atomic E-state index is 11.5. The van der Waals surface area contributed by atoms with Crippen LogP contribution in [0.15, 0.2) is 18.2 Å². The van der Waals surface area contributed by atoms with E-state index in [0.29, 0.717) is 5.69 Å². The minimum absolute atomic E-state index is 0.101. The number of carbonyl (C=O) groups excluding carboxylic acids is 2. The van der Waals surface area contributed by atoms with Crippen molar-refractivity contribution >= 4 is 23.3 Å². The molecule has 1 aromatic carbocycles. The fourth-order valence-corrected chi connectivity index (χ4v) is 1.86. The Balaban J connectivity index is 2.26. The number of ketones is 1. The third-order valence-corrected chi connectivity index (χ3v) is 2.83. The lowest BCUT2D eigenvalue weighted by Gasteiger charge is -2.16. The zero-order valence-corrected chi connectivity index (χ0v) is 9.66. The molecule has 1 aromatic rings. The number of carboxylic acid groups (broad SMARTS) is 1. The van der Waals surface area contributed by atoms with E-state index >= 15 is 0 Å². The number of carboxylic acids is 1. The molecule has 0 spiro atoms.